The number of piperazine rings is 1. The number of imidazole rings is 1. The molecule has 1 saturated heterocycles. The molecule has 37 heavy (non-hydrogen) atoms. The Morgan fingerprint density at radius 3 is 2.51 bits per heavy atom. The number of amides is 1. The zero-order valence-electron chi connectivity index (χ0n) is 21.5. The first-order valence-corrected chi connectivity index (χ1v) is 13.4. The fourth-order valence-corrected chi connectivity index (χ4v) is 5.86. The van der Waals surface area contributed by atoms with Crippen molar-refractivity contribution in [2.75, 3.05) is 26.2 Å². The molecule has 194 valence electrons. The second-order valence-electron chi connectivity index (χ2n) is 10.2. The molecule has 3 atom stereocenters. The molecule has 0 radical (unpaired) electrons. The number of carbonyl (C=O) groups excluding carboxylic acids is 2. The summed E-state index contributed by atoms with van der Waals surface area (Å²) in [7, 11) is 0. The first-order valence-electron chi connectivity index (χ1n) is 13.4. The van der Waals surface area contributed by atoms with Gasteiger partial charge >= 0.3 is 5.97 Å². The molecule has 1 aliphatic heterocycles. The van der Waals surface area contributed by atoms with Crippen molar-refractivity contribution in [2.24, 2.45) is 5.92 Å². The van der Waals surface area contributed by atoms with Gasteiger partial charge in [0.25, 0.3) is 5.91 Å². The summed E-state index contributed by atoms with van der Waals surface area (Å²) >= 11 is 0. The van der Waals surface area contributed by atoms with Crippen molar-refractivity contribution in [1.29, 1.82) is 0 Å². The van der Waals surface area contributed by atoms with Gasteiger partial charge in [0.1, 0.15) is 0 Å². The van der Waals surface area contributed by atoms with E-state index in [-0.39, 0.29) is 29.9 Å². The van der Waals surface area contributed by atoms with E-state index in [1.165, 1.54) is 12.5 Å². The lowest BCUT2D eigenvalue weighted by Crippen LogP contribution is -2.54. The normalized spacial score (nSPS) is 22.0. The molecule has 7 heteroatoms. The standard InChI is InChI=1S/C30H36N4O3/c1-22(35)37-20-25-14-8-9-15-27(25)34-21-32-28(29(34)24-12-6-3-7-13-24)30(36)33-17-16-31-19-26(33)18-23-10-4-2-5-11-23/h2-7,10-13,21,25-27,31H,8-9,14-20H2,1H3/t25-,26+,27-/m0/s1. The molecular formula is C30H36N4O3. The number of hydrogen-bond donors (Lipinski definition) is 1. The van der Waals surface area contributed by atoms with Crippen LogP contribution in [0.4, 0.5) is 0 Å². The first-order chi connectivity index (χ1) is 18.1. The second kappa shape index (κ2) is 11.7. The summed E-state index contributed by atoms with van der Waals surface area (Å²) in [5, 5.41) is 3.46. The lowest BCUT2D eigenvalue weighted by molar-refractivity contribution is -0.143. The van der Waals surface area contributed by atoms with Crippen molar-refractivity contribution < 1.29 is 14.3 Å². The summed E-state index contributed by atoms with van der Waals surface area (Å²) in [6, 6.07) is 20.6. The molecule has 5 rings (SSSR count). The molecule has 2 heterocycles. The maximum absolute atomic E-state index is 14.1. The minimum absolute atomic E-state index is 0.0209. The van der Waals surface area contributed by atoms with E-state index in [4.69, 9.17) is 9.72 Å². The molecule has 0 unspecified atom stereocenters. The van der Waals surface area contributed by atoms with E-state index < -0.39 is 0 Å². The van der Waals surface area contributed by atoms with Crippen molar-refractivity contribution in [3.05, 3.63) is 78.2 Å². The molecule has 7 nitrogen and oxygen atoms in total. The van der Waals surface area contributed by atoms with Gasteiger partial charge in [-0.15, -0.1) is 0 Å². The largest absolute Gasteiger partial charge is 0.465 e. The summed E-state index contributed by atoms with van der Waals surface area (Å²) in [4.78, 5) is 32.4. The highest BCUT2D eigenvalue weighted by Crippen LogP contribution is 2.38. The molecule has 0 spiro atoms. The molecule has 3 aromatic rings. The van der Waals surface area contributed by atoms with Gasteiger partial charge in [-0.05, 0) is 24.8 Å². The molecule has 2 aromatic carbocycles. The number of nitrogens with zero attached hydrogens (tertiary/aromatic N) is 3. The fraction of sp³-hybridized carbons (Fsp3) is 0.433. The summed E-state index contributed by atoms with van der Waals surface area (Å²) in [6.07, 6.45) is 6.82. The summed E-state index contributed by atoms with van der Waals surface area (Å²) in [6.45, 7) is 4.03. The number of nitrogens with one attached hydrogen (secondary N) is 1. The van der Waals surface area contributed by atoms with E-state index in [9.17, 15) is 9.59 Å². The highest BCUT2D eigenvalue weighted by molar-refractivity contribution is 5.98. The predicted molar refractivity (Wildman–Crippen MR) is 143 cm³/mol. The van der Waals surface area contributed by atoms with Crippen molar-refractivity contribution in [2.45, 2.75) is 51.1 Å². The maximum atomic E-state index is 14.1. The molecule has 2 fully saturated rings. The van der Waals surface area contributed by atoms with Gasteiger partial charge in [-0.2, -0.15) is 0 Å². The first kappa shape index (κ1) is 25.2. The van der Waals surface area contributed by atoms with Crippen molar-refractivity contribution >= 4 is 11.9 Å². The van der Waals surface area contributed by atoms with Crippen LogP contribution in [0.5, 0.6) is 0 Å². The van der Waals surface area contributed by atoms with Crippen LogP contribution in [0.2, 0.25) is 0 Å². The Hall–Kier alpha value is -3.45. The molecular weight excluding hydrogens is 464 g/mol. The van der Waals surface area contributed by atoms with Gasteiger partial charge in [-0.3, -0.25) is 9.59 Å². The van der Waals surface area contributed by atoms with Gasteiger partial charge in [-0.1, -0.05) is 73.5 Å². The summed E-state index contributed by atoms with van der Waals surface area (Å²) in [5.74, 6) is -0.0769. The fourth-order valence-electron chi connectivity index (χ4n) is 5.86. The molecule has 2 aliphatic rings. The quantitative estimate of drug-likeness (QED) is 0.484. The lowest BCUT2D eigenvalue weighted by atomic mass is 9.84. The van der Waals surface area contributed by atoms with E-state index in [0.29, 0.717) is 18.8 Å². The van der Waals surface area contributed by atoms with Crippen LogP contribution in [0.3, 0.4) is 0 Å². The third-order valence-electron chi connectivity index (χ3n) is 7.70. The number of carbonyl (C=O) groups is 2. The zero-order valence-corrected chi connectivity index (χ0v) is 21.5. The van der Waals surface area contributed by atoms with Crippen molar-refractivity contribution in [3.8, 4) is 11.3 Å². The third kappa shape index (κ3) is 5.77. The Labute approximate surface area is 218 Å². The summed E-state index contributed by atoms with van der Waals surface area (Å²) in [5.41, 5.74) is 3.57. The topological polar surface area (TPSA) is 76.5 Å². The van der Waals surface area contributed by atoms with Crippen LogP contribution < -0.4 is 5.32 Å². The monoisotopic (exact) mass is 500 g/mol. The van der Waals surface area contributed by atoms with Crippen molar-refractivity contribution in [1.82, 2.24) is 19.8 Å². The van der Waals surface area contributed by atoms with E-state index in [0.717, 1.165) is 56.5 Å². The molecule has 1 saturated carbocycles. The zero-order chi connectivity index (χ0) is 25.6. The molecule has 1 aliphatic carbocycles. The Kier molecular flexibility index (Phi) is 7.99. The Morgan fingerprint density at radius 2 is 1.76 bits per heavy atom. The maximum Gasteiger partial charge on any atom is 0.302 e. The average Bonchev–Trinajstić information content (AvgIpc) is 3.38. The summed E-state index contributed by atoms with van der Waals surface area (Å²) < 4.78 is 7.63. The average molecular weight is 501 g/mol. The minimum atomic E-state index is -0.253. The highest BCUT2D eigenvalue weighted by Gasteiger charge is 2.34. The number of ether oxygens (including phenoxy) is 1. The SMILES string of the molecule is CC(=O)OC[C@@H]1CCCC[C@@H]1n1cnc(C(=O)N2CCNC[C@H]2Cc2ccccc2)c1-c1ccccc1. The Balaban J connectivity index is 1.49. The Bertz CT molecular complexity index is 1190. The van der Waals surface area contributed by atoms with Crippen LogP contribution in [0.25, 0.3) is 11.3 Å². The van der Waals surface area contributed by atoms with E-state index in [2.05, 4.69) is 22.0 Å². The smallest absolute Gasteiger partial charge is 0.302 e. The predicted octanol–water partition coefficient (Wildman–Crippen LogP) is 4.50. The lowest BCUT2D eigenvalue weighted by Gasteiger charge is -2.36. The van der Waals surface area contributed by atoms with Crippen LogP contribution in [0.1, 0.15) is 54.7 Å². The number of aromatic nitrogens is 2. The molecule has 1 aromatic heterocycles. The molecule has 1 amide bonds. The van der Waals surface area contributed by atoms with Gasteiger partial charge in [0.2, 0.25) is 0 Å². The van der Waals surface area contributed by atoms with E-state index in [1.54, 1.807) is 0 Å². The third-order valence-corrected chi connectivity index (χ3v) is 7.70. The number of hydrogen-bond acceptors (Lipinski definition) is 5. The van der Waals surface area contributed by atoms with Gasteiger partial charge in [-0.25, -0.2) is 4.98 Å². The van der Waals surface area contributed by atoms with Gasteiger partial charge < -0.3 is 19.5 Å². The minimum Gasteiger partial charge on any atom is -0.465 e. The highest BCUT2D eigenvalue weighted by atomic mass is 16.5. The van der Waals surface area contributed by atoms with Crippen LogP contribution in [0, 0.1) is 5.92 Å². The molecule has 1 N–H and O–H groups in total. The molecule has 0 bridgehead atoms. The van der Waals surface area contributed by atoms with E-state index >= 15 is 0 Å². The Morgan fingerprint density at radius 1 is 1.03 bits per heavy atom. The number of benzene rings is 2. The van der Waals surface area contributed by atoms with E-state index in [1.807, 2.05) is 59.8 Å². The van der Waals surface area contributed by atoms with Crippen molar-refractivity contribution in [3.63, 3.8) is 0 Å². The van der Waals surface area contributed by atoms with Gasteiger partial charge in [0.15, 0.2) is 5.69 Å². The van der Waals surface area contributed by atoms with Gasteiger partial charge in [0.05, 0.1) is 18.6 Å². The van der Waals surface area contributed by atoms with Crippen LogP contribution in [-0.4, -0.2) is 58.6 Å². The van der Waals surface area contributed by atoms with Crippen LogP contribution in [-0.2, 0) is 16.0 Å². The van der Waals surface area contributed by atoms with Crippen LogP contribution in [0.15, 0.2) is 67.0 Å². The van der Waals surface area contributed by atoms with Crippen LogP contribution >= 0.6 is 0 Å². The number of esters is 1. The number of rotatable bonds is 7. The van der Waals surface area contributed by atoms with Gasteiger partial charge in [0, 0.05) is 50.1 Å². The second-order valence-corrected chi connectivity index (χ2v) is 10.2.